The summed E-state index contributed by atoms with van der Waals surface area (Å²) in [5.74, 6) is -0.284. The number of anilines is 1. The first-order chi connectivity index (χ1) is 12.2. The van der Waals surface area contributed by atoms with Gasteiger partial charge in [-0.3, -0.25) is 9.59 Å². The van der Waals surface area contributed by atoms with Gasteiger partial charge in [0.05, 0.1) is 12.2 Å². The molecule has 5 heteroatoms. The topological polar surface area (TPSA) is 46.6 Å². The number of rotatable bonds is 4. The molecular formula is C20H18INO3. The van der Waals surface area contributed by atoms with Gasteiger partial charge in [0.2, 0.25) is 5.91 Å². The Morgan fingerprint density at radius 1 is 0.960 bits per heavy atom. The van der Waals surface area contributed by atoms with Crippen LogP contribution in [0.25, 0.3) is 12.2 Å². The molecule has 0 radical (unpaired) electrons. The normalized spacial score (nSPS) is 13.9. The van der Waals surface area contributed by atoms with Crippen molar-refractivity contribution in [2.75, 3.05) is 4.90 Å². The standard InChI is InChI=1S/C20H18INO3/c21-25-20(24)11-5-10-19(23)22-14-17-8-2-1-6-15(17)12-13-16-7-3-4-9-18(16)22/h1-4,6-9,12-13H,5,10-11,14H2/b13-12-. The summed E-state index contributed by atoms with van der Waals surface area (Å²) in [5, 5.41) is 0. The fraction of sp³-hybridized carbons (Fsp3) is 0.200. The van der Waals surface area contributed by atoms with Crippen LogP contribution in [-0.2, 0) is 19.2 Å². The van der Waals surface area contributed by atoms with Crippen LogP contribution >= 0.6 is 23.0 Å². The largest absolute Gasteiger partial charge is 0.394 e. The molecule has 25 heavy (non-hydrogen) atoms. The Kier molecular flexibility index (Phi) is 5.86. The van der Waals surface area contributed by atoms with E-state index in [-0.39, 0.29) is 18.3 Å². The molecule has 3 rings (SSSR count). The van der Waals surface area contributed by atoms with Gasteiger partial charge in [0.15, 0.2) is 23.0 Å². The number of fused-ring (bicyclic) bond motifs is 2. The molecule has 0 bridgehead atoms. The highest BCUT2D eigenvalue weighted by molar-refractivity contribution is 14.1. The van der Waals surface area contributed by atoms with E-state index in [1.54, 1.807) is 23.0 Å². The van der Waals surface area contributed by atoms with E-state index in [1.807, 2.05) is 53.4 Å². The summed E-state index contributed by atoms with van der Waals surface area (Å²) in [7, 11) is 0. The molecular weight excluding hydrogens is 429 g/mol. The van der Waals surface area contributed by atoms with Gasteiger partial charge in [0, 0.05) is 12.8 Å². The smallest absolute Gasteiger partial charge is 0.315 e. The number of carbonyl (C=O) groups excluding carboxylic acids is 2. The third-order valence-electron chi connectivity index (χ3n) is 4.21. The number of para-hydroxylation sites is 1. The average Bonchev–Trinajstić information content (AvgIpc) is 2.63. The second-order valence-electron chi connectivity index (χ2n) is 5.87. The van der Waals surface area contributed by atoms with Crippen molar-refractivity contribution >= 4 is 52.7 Å². The van der Waals surface area contributed by atoms with E-state index in [0.717, 1.165) is 22.4 Å². The predicted octanol–water partition coefficient (Wildman–Crippen LogP) is 4.77. The molecule has 1 amide bonds. The lowest BCUT2D eigenvalue weighted by molar-refractivity contribution is -0.131. The summed E-state index contributed by atoms with van der Waals surface area (Å²) in [6, 6.07) is 16.0. The van der Waals surface area contributed by atoms with Crippen LogP contribution in [-0.4, -0.2) is 11.9 Å². The minimum atomic E-state index is -0.297. The fourth-order valence-electron chi connectivity index (χ4n) is 2.93. The molecule has 2 aromatic rings. The van der Waals surface area contributed by atoms with Crippen LogP contribution in [0.1, 0.15) is 36.0 Å². The summed E-state index contributed by atoms with van der Waals surface area (Å²) < 4.78 is 4.61. The molecule has 0 fully saturated rings. The summed E-state index contributed by atoms with van der Waals surface area (Å²) in [4.78, 5) is 25.9. The third kappa shape index (κ3) is 4.28. The predicted molar refractivity (Wildman–Crippen MR) is 107 cm³/mol. The zero-order valence-electron chi connectivity index (χ0n) is 13.7. The third-order valence-corrected chi connectivity index (χ3v) is 4.70. The maximum atomic E-state index is 12.9. The molecule has 0 aliphatic carbocycles. The second-order valence-corrected chi connectivity index (χ2v) is 6.31. The van der Waals surface area contributed by atoms with Gasteiger partial charge >= 0.3 is 5.97 Å². The highest BCUT2D eigenvalue weighted by Gasteiger charge is 2.20. The lowest BCUT2D eigenvalue weighted by Crippen LogP contribution is -2.31. The molecule has 0 N–H and O–H groups in total. The van der Waals surface area contributed by atoms with Crippen LogP contribution < -0.4 is 4.90 Å². The molecule has 0 aromatic heterocycles. The zero-order valence-corrected chi connectivity index (χ0v) is 15.8. The van der Waals surface area contributed by atoms with E-state index >= 15 is 0 Å². The van der Waals surface area contributed by atoms with Gasteiger partial charge in [-0.1, -0.05) is 54.6 Å². The van der Waals surface area contributed by atoms with Crippen LogP contribution in [0.15, 0.2) is 48.5 Å². The van der Waals surface area contributed by atoms with Crippen molar-refractivity contribution in [2.45, 2.75) is 25.8 Å². The molecule has 1 heterocycles. The molecule has 0 spiro atoms. The summed E-state index contributed by atoms with van der Waals surface area (Å²) in [5.41, 5.74) is 4.13. The molecule has 0 atom stereocenters. The van der Waals surface area contributed by atoms with Crippen LogP contribution in [0.5, 0.6) is 0 Å². The monoisotopic (exact) mass is 447 g/mol. The SMILES string of the molecule is O=C(CCCC(=O)N1Cc2ccccc2/C=C\c2ccccc21)OI. The van der Waals surface area contributed by atoms with Gasteiger partial charge in [-0.2, -0.15) is 0 Å². The lowest BCUT2D eigenvalue weighted by Gasteiger charge is -2.27. The summed E-state index contributed by atoms with van der Waals surface area (Å²) in [6.45, 7) is 0.521. The molecule has 1 aliphatic rings. The lowest BCUT2D eigenvalue weighted by atomic mass is 10.0. The quantitative estimate of drug-likeness (QED) is 0.635. The Balaban J connectivity index is 1.88. The van der Waals surface area contributed by atoms with E-state index in [9.17, 15) is 9.59 Å². The Morgan fingerprint density at radius 3 is 2.44 bits per heavy atom. The molecule has 1 aliphatic heterocycles. The number of nitrogens with zero attached hydrogens (tertiary/aromatic N) is 1. The van der Waals surface area contributed by atoms with Crippen molar-refractivity contribution in [1.29, 1.82) is 0 Å². The minimum Gasteiger partial charge on any atom is -0.394 e. The maximum Gasteiger partial charge on any atom is 0.315 e. The zero-order chi connectivity index (χ0) is 17.6. The molecule has 2 aromatic carbocycles. The van der Waals surface area contributed by atoms with E-state index in [2.05, 4.69) is 15.2 Å². The van der Waals surface area contributed by atoms with E-state index in [4.69, 9.17) is 0 Å². The van der Waals surface area contributed by atoms with Crippen LogP contribution in [0.4, 0.5) is 5.69 Å². The molecule has 0 saturated carbocycles. The number of benzene rings is 2. The van der Waals surface area contributed by atoms with Crippen LogP contribution in [0.3, 0.4) is 0 Å². The second kappa shape index (κ2) is 8.29. The van der Waals surface area contributed by atoms with E-state index in [1.165, 1.54) is 0 Å². The van der Waals surface area contributed by atoms with Gasteiger partial charge < -0.3 is 7.97 Å². The van der Waals surface area contributed by atoms with Gasteiger partial charge in [-0.05, 0) is 29.2 Å². The Bertz CT molecular complexity index is 816. The van der Waals surface area contributed by atoms with Crippen molar-refractivity contribution in [2.24, 2.45) is 0 Å². The first-order valence-electron chi connectivity index (χ1n) is 8.16. The summed E-state index contributed by atoms with van der Waals surface area (Å²) in [6.07, 6.45) is 5.18. The van der Waals surface area contributed by atoms with Crippen molar-refractivity contribution in [1.82, 2.24) is 0 Å². The highest BCUT2D eigenvalue weighted by atomic mass is 127. The van der Waals surface area contributed by atoms with Gasteiger partial charge in [0.1, 0.15) is 0 Å². The van der Waals surface area contributed by atoms with Gasteiger partial charge in [0.25, 0.3) is 0 Å². The number of amides is 1. The van der Waals surface area contributed by atoms with Crippen LogP contribution in [0.2, 0.25) is 0 Å². The molecule has 4 nitrogen and oxygen atoms in total. The number of carbonyl (C=O) groups is 2. The van der Waals surface area contributed by atoms with E-state index < -0.39 is 0 Å². The molecule has 0 saturated heterocycles. The average molecular weight is 447 g/mol. The van der Waals surface area contributed by atoms with Crippen molar-refractivity contribution < 1.29 is 12.7 Å². The first-order valence-corrected chi connectivity index (χ1v) is 9.04. The number of halogens is 1. The Hall–Kier alpha value is -2.15. The van der Waals surface area contributed by atoms with Gasteiger partial charge in [-0.15, -0.1) is 0 Å². The Labute approximate surface area is 161 Å². The maximum absolute atomic E-state index is 12.9. The minimum absolute atomic E-state index is 0.0128. The number of hydrogen-bond acceptors (Lipinski definition) is 3. The van der Waals surface area contributed by atoms with Crippen molar-refractivity contribution in [3.05, 3.63) is 65.2 Å². The van der Waals surface area contributed by atoms with Crippen LogP contribution in [0, 0.1) is 0 Å². The van der Waals surface area contributed by atoms with E-state index in [0.29, 0.717) is 19.4 Å². The molecule has 0 unspecified atom stereocenters. The molecule has 128 valence electrons. The summed E-state index contributed by atoms with van der Waals surface area (Å²) >= 11 is 1.57. The van der Waals surface area contributed by atoms with Crippen molar-refractivity contribution in [3.63, 3.8) is 0 Å². The van der Waals surface area contributed by atoms with Crippen molar-refractivity contribution in [3.8, 4) is 0 Å². The fourth-order valence-corrected chi connectivity index (χ4v) is 3.15. The number of hydrogen-bond donors (Lipinski definition) is 0. The Morgan fingerprint density at radius 2 is 1.64 bits per heavy atom. The first kappa shape index (κ1) is 17.7. The highest BCUT2D eigenvalue weighted by Crippen LogP contribution is 2.29. The van der Waals surface area contributed by atoms with Gasteiger partial charge in [-0.25, -0.2) is 0 Å².